The Morgan fingerprint density at radius 2 is 2.17 bits per heavy atom. The predicted molar refractivity (Wildman–Crippen MR) is 87.8 cm³/mol. The normalized spacial score (nSPS) is 26.1. The van der Waals surface area contributed by atoms with Gasteiger partial charge in [0.25, 0.3) is 0 Å². The summed E-state index contributed by atoms with van der Waals surface area (Å²) in [5.41, 5.74) is 1.12. The van der Waals surface area contributed by atoms with E-state index in [9.17, 15) is 17.6 Å². The second-order valence-electron chi connectivity index (χ2n) is 6.51. The molecule has 2 aliphatic rings. The van der Waals surface area contributed by atoms with Crippen LogP contribution in [0.15, 0.2) is 16.6 Å². The summed E-state index contributed by atoms with van der Waals surface area (Å²) in [5, 5.41) is 0. The summed E-state index contributed by atoms with van der Waals surface area (Å²) < 4.78 is 39.8. The Hall–Kier alpha value is -0.990. The van der Waals surface area contributed by atoms with Crippen LogP contribution >= 0.6 is 15.9 Å². The van der Waals surface area contributed by atoms with Crippen molar-refractivity contribution in [3.05, 3.63) is 33.5 Å². The van der Waals surface area contributed by atoms with E-state index in [-0.39, 0.29) is 23.9 Å². The van der Waals surface area contributed by atoms with E-state index in [4.69, 9.17) is 0 Å². The van der Waals surface area contributed by atoms with Gasteiger partial charge in [0, 0.05) is 25.0 Å². The largest absolute Gasteiger partial charge is 0.338 e. The van der Waals surface area contributed by atoms with E-state index in [0.717, 1.165) is 11.1 Å². The molecule has 126 valence electrons. The molecular formula is C15H18BrFN2O3S. The molecule has 1 saturated heterocycles. The molecule has 3 rings (SSSR count). The Bertz CT molecular complexity index is 768. The van der Waals surface area contributed by atoms with Crippen molar-refractivity contribution in [1.29, 1.82) is 0 Å². The minimum Gasteiger partial charge on any atom is -0.338 e. The highest BCUT2D eigenvalue weighted by Crippen LogP contribution is 2.28. The van der Waals surface area contributed by atoms with E-state index >= 15 is 0 Å². The van der Waals surface area contributed by atoms with Crippen LogP contribution in [0.2, 0.25) is 0 Å². The van der Waals surface area contributed by atoms with Crippen molar-refractivity contribution >= 4 is 31.9 Å². The van der Waals surface area contributed by atoms with Crippen molar-refractivity contribution in [3.8, 4) is 0 Å². The second kappa shape index (κ2) is 5.82. The summed E-state index contributed by atoms with van der Waals surface area (Å²) >= 11 is 3.17. The first-order valence-electron chi connectivity index (χ1n) is 7.44. The van der Waals surface area contributed by atoms with Gasteiger partial charge in [0.05, 0.1) is 10.2 Å². The number of amides is 1. The standard InChI is InChI=1S/C15H18BrFN2O3S/c1-15(3-5-23(21,22)18-15)8-14(20)19-4-2-10-6-12(16)13(17)7-11(10)9-19/h6-7,18H,2-5,8-9H2,1H3. The number of halogens is 2. The number of fused-ring (bicyclic) bond motifs is 1. The number of carbonyl (C=O) groups excluding carboxylic acids is 1. The number of hydrogen-bond acceptors (Lipinski definition) is 3. The summed E-state index contributed by atoms with van der Waals surface area (Å²) in [7, 11) is -3.26. The molecular weight excluding hydrogens is 387 g/mol. The molecule has 23 heavy (non-hydrogen) atoms. The Morgan fingerprint density at radius 1 is 1.43 bits per heavy atom. The fourth-order valence-electron chi connectivity index (χ4n) is 3.17. The first-order chi connectivity index (χ1) is 10.7. The van der Waals surface area contributed by atoms with Gasteiger partial charge in [-0.2, -0.15) is 0 Å². The van der Waals surface area contributed by atoms with E-state index in [1.54, 1.807) is 17.9 Å². The van der Waals surface area contributed by atoms with Gasteiger partial charge >= 0.3 is 0 Å². The number of benzene rings is 1. The zero-order valence-corrected chi connectivity index (χ0v) is 15.1. The lowest BCUT2D eigenvalue weighted by molar-refractivity contribution is -0.133. The fraction of sp³-hybridized carbons (Fsp3) is 0.533. The van der Waals surface area contributed by atoms with Crippen LogP contribution in [0.3, 0.4) is 0 Å². The van der Waals surface area contributed by atoms with Gasteiger partial charge in [-0.05, 0) is 59.0 Å². The molecule has 2 heterocycles. The number of hydrogen-bond donors (Lipinski definition) is 1. The predicted octanol–water partition coefficient (Wildman–Crippen LogP) is 1.94. The maximum atomic E-state index is 13.7. The summed E-state index contributed by atoms with van der Waals surface area (Å²) in [6.45, 7) is 2.68. The molecule has 0 saturated carbocycles. The second-order valence-corrected chi connectivity index (χ2v) is 9.20. The average molecular weight is 405 g/mol. The Kier molecular flexibility index (Phi) is 4.27. The molecule has 1 aromatic rings. The molecule has 2 aliphatic heterocycles. The number of rotatable bonds is 2. The van der Waals surface area contributed by atoms with Crippen LogP contribution in [0.25, 0.3) is 0 Å². The molecule has 0 radical (unpaired) electrons. The van der Waals surface area contributed by atoms with Gasteiger partial charge in [0.2, 0.25) is 15.9 Å². The maximum absolute atomic E-state index is 13.7. The highest BCUT2D eigenvalue weighted by molar-refractivity contribution is 9.10. The maximum Gasteiger partial charge on any atom is 0.224 e. The molecule has 1 aromatic carbocycles. The zero-order valence-electron chi connectivity index (χ0n) is 12.7. The van der Waals surface area contributed by atoms with Crippen molar-refractivity contribution in [2.45, 2.75) is 38.3 Å². The summed E-state index contributed by atoms with van der Waals surface area (Å²) in [6.07, 6.45) is 1.22. The van der Waals surface area contributed by atoms with Crippen LogP contribution in [0.5, 0.6) is 0 Å². The molecule has 1 fully saturated rings. The lowest BCUT2D eigenvalue weighted by atomic mass is 9.94. The van der Waals surface area contributed by atoms with Crippen molar-refractivity contribution < 1.29 is 17.6 Å². The van der Waals surface area contributed by atoms with Gasteiger partial charge in [0.1, 0.15) is 5.82 Å². The molecule has 1 unspecified atom stereocenters. The Labute approximate surface area is 143 Å². The van der Waals surface area contributed by atoms with Crippen molar-refractivity contribution in [3.63, 3.8) is 0 Å². The van der Waals surface area contributed by atoms with Crippen LogP contribution in [0.4, 0.5) is 4.39 Å². The minimum absolute atomic E-state index is 0.0544. The number of carbonyl (C=O) groups is 1. The number of nitrogens with zero attached hydrogens (tertiary/aromatic N) is 1. The fourth-order valence-corrected chi connectivity index (χ4v) is 5.31. The lowest BCUT2D eigenvalue weighted by Crippen LogP contribution is -2.45. The van der Waals surface area contributed by atoms with Crippen LogP contribution < -0.4 is 4.72 Å². The molecule has 8 heteroatoms. The molecule has 5 nitrogen and oxygen atoms in total. The quantitative estimate of drug-likeness (QED) is 0.818. The summed E-state index contributed by atoms with van der Waals surface area (Å²) in [6, 6.07) is 3.22. The van der Waals surface area contributed by atoms with E-state index in [1.165, 1.54) is 6.07 Å². The van der Waals surface area contributed by atoms with Gasteiger partial charge in [-0.3, -0.25) is 4.79 Å². The third-order valence-corrected chi connectivity index (χ3v) is 6.63. The van der Waals surface area contributed by atoms with Crippen LogP contribution in [-0.2, 0) is 27.8 Å². The van der Waals surface area contributed by atoms with Crippen LogP contribution in [0.1, 0.15) is 30.9 Å². The van der Waals surface area contributed by atoms with Gasteiger partial charge in [-0.25, -0.2) is 17.5 Å². The van der Waals surface area contributed by atoms with Crippen LogP contribution in [-0.4, -0.2) is 37.1 Å². The van der Waals surface area contributed by atoms with Crippen molar-refractivity contribution in [1.82, 2.24) is 9.62 Å². The molecule has 1 N–H and O–H groups in total. The zero-order chi connectivity index (χ0) is 16.8. The molecule has 0 aliphatic carbocycles. The summed E-state index contributed by atoms with van der Waals surface area (Å²) in [5.74, 6) is -0.390. The smallest absolute Gasteiger partial charge is 0.224 e. The monoisotopic (exact) mass is 404 g/mol. The Balaban J connectivity index is 1.71. The van der Waals surface area contributed by atoms with Gasteiger partial charge in [-0.1, -0.05) is 0 Å². The SMILES string of the molecule is CC1(CC(=O)N2CCc3cc(Br)c(F)cc3C2)CCS(=O)(=O)N1. The van der Waals surface area contributed by atoms with E-state index in [0.29, 0.717) is 30.4 Å². The van der Waals surface area contributed by atoms with Gasteiger partial charge in [-0.15, -0.1) is 0 Å². The molecule has 1 amide bonds. The number of sulfonamides is 1. The Morgan fingerprint density at radius 3 is 2.83 bits per heavy atom. The van der Waals surface area contributed by atoms with E-state index in [2.05, 4.69) is 20.7 Å². The van der Waals surface area contributed by atoms with Gasteiger partial charge < -0.3 is 4.90 Å². The highest BCUT2D eigenvalue weighted by Gasteiger charge is 2.40. The summed E-state index contributed by atoms with van der Waals surface area (Å²) in [4.78, 5) is 14.2. The third-order valence-electron chi connectivity index (χ3n) is 4.47. The molecule has 1 atom stereocenters. The first-order valence-corrected chi connectivity index (χ1v) is 9.88. The number of nitrogens with one attached hydrogen (secondary N) is 1. The molecule has 0 aromatic heterocycles. The minimum atomic E-state index is -3.26. The average Bonchev–Trinajstić information content (AvgIpc) is 2.73. The van der Waals surface area contributed by atoms with Gasteiger partial charge in [0.15, 0.2) is 0 Å². The van der Waals surface area contributed by atoms with Crippen molar-refractivity contribution in [2.24, 2.45) is 0 Å². The highest BCUT2D eigenvalue weighted by atomic mass is 79.9. The lowest BCUT2D eigenvalue weighted by Gasteiger charge is -2.32. The van der Waals surface area contributed by atoms with E-state index in [1.807, 2.05) is 0 Å². The molecule has 0 bridgehead atoms. The third kappa shape index (κ3) is 3.59. The molecule has 0 spiro atoms. The van der Waals surface area contributed by atoms with Crippen molar-refractivity contribution in [2.75, 3.05) is 12.3 Å². The van der Waals surface area contributed by atoms with E-state index < -0.39 is 15.6 Å². The van der Waals surface area contributed by atoms with Crippen LogP contribution in [0, 0.1) is 5.82 Å². The topological polar surface area (TPSA) is 66.5 Å². The first kappa shape index (κ1) is 16.9.